The molecule has 0 atom stereocenters. The second-order valence-corrected chi connectivity index (χ2v) is 7.34. The number of urea groups is 1. The van der Waals surface area contributed by atoms with Crippen LogP contribution in [0.2, 0.25) is 0 Å². The van der Waals surface area contributed by atoms with Gasteiger partial charge < -0.3 is 5.32 Å². The van der Waals surface area contributed by atoms with Gasteiger partial charge in [-0.25, -0.2) is 4.79 Å². The molecule has 1 saturated carbocycles. The second kappa shape index (κ2) is 7.00. The minimum absolute atomic E-state index is 0.230. The normalized spacial score (nSPS) is 15.2. The lowest BCUT2D eigenvalue weighted by atomic mass is 10.1. The minimum Gasteiger partial charge on any atom is -0.333 e. The molecule has 2 aromatic rings. The van der Waals surface area contributed by atoms with Gasteiger partial charge in [0.2, 0.25) is 5.13 Å². The monoisotopic (exact) mass is 322 g/mol. The average molecular weight is 322 g/mol. The van der Waals surface area contributed by atoms with Gasteiger partial charge in [0.15, 0.2) is 0 Å². The van der Waals surface area contributed by atoms with E-state index >= 15 is 0 Å². The van der Waals surface area contributed by atoms with E-state index in [-0.39, 0.29) is 6.03 Å². The van der Waals surface area contributed by atoms with Gasteiger partial charge in [0.25, 0.3) is 0 Å². The molecule has 0 radical (unpaired) electrons. The van der Waals surface area contributed by atoms with Crippen LogP contribution in [-0.4, -0.2) is 16.2 Å². The van der Waals surface area contributed by atoms with Crippen LogP contribution < -0.4 is 10.6 Å². The lowest BCUT2D eigenvalue weighted by Crippen LogP contribution is -2.27. The Kier molecular flexibility index (Phi) is 4.82. The van der Waals surface area contributed by atoms with E-state index in [2.05, 4.69) is 20.8 Å². The molecule has 0 unspecified atom stereocenters. The summed E-state index contributed by atoms with van der Waals surface area (Å²) in [4.78, 5) is 12.9. The van der Waals surface area contributed by atoms with Gasteiger partial charge in [-0.1, -0.05) is 43.1 Å². The highest BCUT2D eigenvalue weighted by atomic mass is 32.1. The van der Waals surface area contributed by atoms with E-state index in [1.807, 2.05) is 17.5 Å². The number of anilines is 1. The number of nitrogens with zero attached hydrogens (tertiary/aromatic N) is 2. The second-order valence-electron chi connectivity index (χ2n) is 5.24. The Hall–Kier alpha value is -1.47. The maximum absolute atomic E-state index is 11.8. The fraction of sp³-hybridized carbons (Fsp3) is 0.500. The number of carbonyl (C=O) groups is 1. The maximum atomic E-state index is 11.8. The summed E-state index contributed by atoms with van der Waals surface area (Å²) >= 11 is 3.10. The Morgan fingerprint density at radius 1 is 1.33 bits per heavy atom. The number of hydrogen-bond donors (Lipinski definition) is 2. The summed E-state index contributed by atoms with van der Waals surface area (Å²) < 4.78 is 0. The number of rotatable bonds is 5. The molecular weight excluding hydrogens is 304 g/mol. The Labute approximate surface area is 131 Å². The van der Waals surface area contributed by atoms with E-state index < -0.39 is 0 Å². The number of aromatic nitrogens is 2. The molecule has 0 aliphatic heterocycles. The SMILES string of the molecule is O=C(NCc1cccs1)Nc1nnc(CC2CCCC2)s1. The fourth-order valence-electron chi connectivity index (χ4n) is 2.57. The largest absolute Gasteiger partial charge is 0.333 e. The van der Waals surface area contributed by atoms with Gasteiger partial charge in [-0.05, 0) is 17.4 Å². The fourth-order valence-corrected chi connectivity index (χ4v) is 4.06. The van der Waals surface area contributed by atoms with E-state index in [1.54, 1.807) is 11.3 Å². The van der Waals surface area contributed by atoms with E-state index in [0.717, 1.165) is 22.2 Å². The molecule has 0 spiro atoms. The van der Waals surface area contributed by atoms with Crippen molar-refractivity contribution < 1.29 is 4.79 Å². The molecule has 5 nitrogen and oxygen atoms in total. The van der Waals surface area contributed by atoms with Crippen LogP contribution >= 0.6 is 22.7 Å². The molecule has 7 heteroatoms. The topological polar surface area (TPSA) is 66.9 Å². The molecule has 112 valence electrons. The van der Waals surface area contributed by atoms with Gasteiger partial charge in [0.05, 0.1) is 6.54 Å². The van der Waals surface area contributed by atoms with E-state index in [9.17, 15) is 4.79 Å². The molecular formula is C14H18N4OS2. The van der Waals surface area contributed by atoms with Crippen LogP contribution in [0.1, 0.15) is 35.6 Å². The first kappa shape index (κ1) is 14.5. The molecule has 1 fully saturated rings. The van der Waals surface area contributed by atoms with Crippen molar-refractivity contribution in [1.82, 2.24) is 15.5 Å². The Morgan fingerprint density at radius 2 is 2.19 bits per heavy atom. The van der Waals surface area contributed by atoms with Crippen LogP contribution in [0.3, 0.4) is 0 Å². The standard InChI is InChI=1S/C14H18N4OS2/c19-13(15-9-11-6-3-7-20-11)16-14-18-17-12(21-14)8-10-4-1-2-5-10/h3,6-7,10H,1-2,4-5,8-9H2,(H2,15,16,18,19). The lowest BCUT2D eigenvalue weighted by molar-refractivity contribution is 0.252. The molecule has 2 amide bonds. The number of thiophene rings is 1. The molecule has 0 bridgehead atoms. The summed E-state index contributed by atoms with van der Waals surface area (Å²) in [7, 11) is 0. The van der Waals surface area contributed by atoms with Crippen molar-refractivity contribution in [2.24, 2.45) is 5.92 Å². The van der Waals surface area contributed by atoms with Gasteiger partial charge in [-0.3, -0.25) is 5.32 Å². The van der Waals surface area contributed by atoms with E-state index in [4.69, 9.17) is 0 Å². The third-order valence-corrected chi connectivity index (χ3v) is 5.37. The molecule has 2 N–H and O–H groups in total. The predicted octanol–water partition coefficient (Wildman–Crippen LogP) is 3.65. The number of carbonyl (C=O) groups excluding carboxylic acids is 1. The van der Waals surface area contributed by atoms with Crippen molar-refractivity contribution in [1.29, 1.82) is 0 Å². The molecule has 3 rings (SSSR count). The first-order chi connectivity index (χ1) is 10.3. The number of amides is 2. The van der Waals surface area contributed by atoms with Gasteiger partial charge in [0.1, 0.15) is 5.01 Å². The molecule has 2 heterocycles. The summed E-state index contributed by atoms with van der Waals surface area (Å²) in [6, 6.07) is 3.74. The molecule has 1 aliphatic carbocycles. The van der Waals surface area contributed by atoms with Crippen LogP contribution in [0.15, 0.2) is 17.5 Å². The summed E-state index contributed by atoms with van der Waals surface area (Å²) in [5.74, 6) is 0.749. The Morgan fingerprint density at radius 3 is 2.95 bits per heavy atom. The van der Waals surface area contributed by atoms with Crippen molar-refractivity contribution in [3.05, 3.63) is 27.4 Å². The van der Waals surface area contributed by atoms with Crippen LogP contribution in [0.25, 0.3) is 0 Å². The van der Waals surface area contributed by atoms with Gasteiger partial charge in [0, 0.05) is 11.3 Å². The quantitative estimate of drug-likeness (QED) is 0.883. The van der Waals surface area contributed by atoms with Crippen molar-refractivity contribution in [3.63, 3.8) is 0 Å². The maximum Gasteiger partial charge on any atom is 0.321 e. The average Bonchev–Trinajstić information content (AvgIpc) is 3.19. The first-order valence-electron chi connectivity index (χ1n) is 7.19. The lowest BCUT2D eigenvalue weighted by Gasteiger charge is -2.04. The summed E-state index contributed by atoms with van der Waals surface area (Å²) in [6.07, 6.45) is 6.25. The zero-order chi connectivity index (χ0) is 14.5. The van der Waals surface area contributed by atoms with Crippen molar-refractivity contribution in [3.8, 4) is 0 Å². The third kappa shape index (κ3) is 4.25. The Bertz CT molecular complexity index is 576. The zero-order valence-corrected chi connectivity index (χ0v) is 13.3. The first-order valence-corrected chi connectivity index (χ1v) is 8.89. The Balaban J connectivity index is 1.46. The molecule has 1 aliphatic rings. The highest BCUT2D eigenvalue weighted by Crippen LogP contribution is 2.29. The van der Waals surface area contributed by atoms with Crippen LogP contribution in [0.5, 0.6) is 0 Å². The van der Waals surface area contributed by atoms with E-state index in [1.165, 1.54) is 37.0 Å². The van der Waals surface area contributed by atoms with Crippen molar-refractivity contribution >= 4 is 33.8 Å². The molecule has 0 saturated heterocycles. The number of hydrogen-bond acceptors (Lipinski definition) is 5. The highest BCUT2D eigenvalue weighted by Gasteiger charge is 2.18. The summed E-state index contributed by atoms with van der Waals surface area (Å²) in [5, 5.41) is 17.4. The zero-order valence-electron chi connectivity index (χ0n) is 11.7. The molecule has 2 aromatic heterocycles. The van der Waals surface area contributed by atoms with Crippen molar-refractivity contribution in [2.45, 2.75) is 38.6 Å². The van der Waals surface area contributed by atoms with Crippen molar-refractivity contribution in [2.75, 3.05) is 5.32 Å². The van der Waals surface area contributed by atoms with Gasteiger partial charge in [-0.2, -0.15) is 0 Å². The van der Waals surface area contributed by atoms with Gasteiger partial charge in [-0.15, -0.1) is 21.5 Å². The summed E-state index contributed by atoms with van der Waals surface area (Å²) in [5.41, 5.74) is 0. The molecule has 0 aromatic carbocycles. The third-order valence-electron chi connectivity index (χ3n) is 3.63. The van der Waals surface area contributed by atoms with E-state index in [0.29, 0.717) is 11.7 Å². The van der Waals surface area contributed by atoms with Crippen LogP contribution in [0.4, 0.5) is 9.93 Å². The van der Waals surface area contributed by atoms with Crippen LogP contribution in [-0.2, 0) is 13.0 Å². The minimum atomic E-state index is -0.230. The highest BCUT2D eigenvalue weighted by molar-refractivity contribution is 7.15. The predicted molar refractivity (Wildman–Crippen MR) is 85.7 cm³/mol. The number of nitrogens with one attached hydrogen (secondary N) is 2. The van der Waals surface area contributed by atoms with Crippen LogP contribution in [0, 0.1) is 5.92 Å². The smallest absolute Gasteiger partial charge is 0.321 e. The molecule has 21 heavy (non-hydrogen) atoms. The summed E-state index contributed by atoms with van der Waals surface area (Å²) in [6.45, 7) is 0.539. The van der Waals surface area contributed by atoms with Gasteiger partial charge >= 0.3 is 6.03 Å².